The van der Waals surface area contributed by atoms with E-state index >= 15 is 0 Å². The van der Waals surface area contributed by atoms with E-state index in [1.54, 1.807) is 12.1 Å². The van der Waals surface area contributed by atoms with Crippen molar-refractivity contribution in [2.24, 2.45) is 5.41 Å². The molecule has 0 saturated heterocycles. The Morgan fingerprint density at radius 3 is 2.35 bits per heavy atom. The topological polar surface area (TPSA) is 40.5 Å². The van der Waals surface area contributed by atoms with Crippen LogP contribution in [-0.2, 0) is 6.42 Å². The number of hydrogen-bond donors (Lipinski definition) is 2. The van der Waals surface area contributed by atoms with Gasteiger partial charge in [0.1, 0.15) is 11.5 Å². The lowest BCUT2D eigenvalue weighted by Crippen LogP contribution is -2.19. The second kappa shape index (κ2) is 5.37. The Labute approximate surface area is 151 Å². The Morgan fingerprint density at radius 1 is 0.769 bits per heavy atom. The van der Waals surface area contributed by atoms with Crippen LogP contribution in [0.1, 0.15) is 16.7 Å². The summed E-state index contributed by atoms with van der Waals surface area (Å²) < 4.78 is 0. The van der Waals surface area contributed by atoms with E-state index in [0.717, 1.165) is 28.0 Å². The van der Waals surface area contributed by atoms with Gasteiger partial charge in [-0.05, 0) is 69.5 Å². The molecule has 2 aliphatic carbocycles. The molecule has 0 heterocycles. The van der Waals surface area contributed by atoms with Crippen molar-refractivity contribution < 1.29 is 10.2 Å². The highest BCUT2D eigenvalue weighted by molar-refractivity contribution is 5.98. The molecular weight excluding hydrogens is 320 g/mol. The summed E-state index contributed by atoms with van der Waals surface area (Å²) in [7, 11) is 0. The van der Waals surface area contributed by atoms with Gasteiger partial charge in [0.15, 0.2) is 0 Å². The third kappa shape index (κ3) is 2.26. The van der Waals surface area contributed by atoms with Crippen LogP contribution in [0.5, 0.6) is 11.5 Å². The highest BCUT2D eigenvalue weighted by Crippen LogP contribution is 2.51. The number of benzene rings is 3. The smallest absolute Gasteiger partial charge is 0.116 e. The van der Waals surface area contributed by atoms with Crippen molar-refractivity contribution in [3.8, 4) is 11.5 Å². The Hall–Kier alpha value is -3.26. The first-order chi connectivity index (χ1) is 12.6. The Morgan fingerprint density at radius 2 is 1.50 bits per heavy atom. The summed E-state index contributed by atoms with van der Waals surface area (Å²) in [5, 5.41) is 22.1. The number of phenolic OH excluding ortho intramolecular Hbond substituents is 2. The molecule has 126 valence electrons. The van der Waals surface area contributed by atoms with Gasteiger partial charge in [-0.25, -0.2) is 0 Å². The van der Waals surface area contributed by atoms with Crippen LogP contribution in [0.4, 0.5) is 0 Å². The average molecular weight is 338 g/mol. The molecule has 2 N–H and O–H groups in total. The van der Waals surface area contributed by atoms with Gasteiger partial charge < -0.3 is 10.2 Å². The Balaban J connectivity index is 1.77. The van der Waals surface area contributed by atoms with Crippen molar-refractivity contribution in [2.45, 2.75) is 6.42 Å². The third-order valence-corrected chi connectivity index (χ3v) is 5.38. The van der Waals surface area contributed by atoms with Crippen LogP contribution in [0.15, 0.2) is 66.7 Å². The van der Waals surface area contributed by atoms with Crippen LogP contribution in [-0.4, -0.2) is 10.2 Å². The zero-order valence-corrected chi connectivity index (χ0v) is 14.2. The first-order valence-corrected chi connectivity index (χ1v) is 8.77. The van der Waals surface area contributed by atoms with Crippen molar-refractivity contribution in [2.75, 3.05) is 0 Å². The Kier molecular flexibility index (Phi) is 3.10. The number of fused-ring (bicyclic) bond motifs is 2. The molecule has 0 aliphatic heterocycles. The molecule has 1 unspecified atom stereocenters. The molecule has 0 fully saturated rings. The molecule has 1 atom stereocenters. The first-order valence-electron chi connectivity index (χ1n) is 8.77. The molecular formula is C24H18O2. The number of allylic oxidation sites excluding steroid dienone is 1. The van der Waals surface area contributed by atoms with Crippen LogP contribution in [0.25, 0.3) is 23.8 Å². The molecule has 0 saturated carbocycles. The number of rotatable bonds is 1. The minimum absolute atomic E-state index is 0.248. The molecule has 0 amide bonds. The van der Waals surface area contributed by atoms with Crippen LogP contribution < -0.4 is 10.4 Å². The zero-order chi connectivity index (χ0) is 17.7. The number of hydrogen-bond acceptors (Lipinski definition) is 2. The predicted molar refractivity (Wildman–Crippen MR) is 105 cm³/mol. The third-order valence-electron chi connectivity index (χ3n) is 5.38. The maximum atomic E-state index is 10.0. The summed E-state index contributed by atoms with van der Waals surface area (Å²) in [5.74, 6) is 0.570. The number of aromatic hydroxyl groups is 2. The van der Waals surface area contributed by atoms with Crippen molar-refractivity contribution >= 4 is 23.8 Å². The van der Waals surface area contributed by atoms with E-state index in [4.69, 9.17) is 0 Å². The van der Waals surface area contributed by atoms with Crippen LogP contribution in [0.2, 0.25) is 0 Å². The molecule has 0 bridgehead atoms. The van der Waals surface area contributed by atoms with E-state index in [9.17, 15) is 10.2 Å². The highest BCUT2D eigenvalue weighted by atomic mass is 16.3. The van der Waals surface area contributed by atoms with Crippen LogP contribution in [0, 0.1) is 5.41 Å². The van der Waals surface area contributed by atoms with Gasteiger partial charge in [-0.2, -0.15) is 0 Å². The minimum Gasteiger partial charge on any atom is -0.508 e. The van der Waals surface area contributed by atoms with E-state index in [1.807, 2.05) is 42.5 Å². The van der Waals surface area contributed by atoms with Gasteiger partial charge in [-0.3, -0.25) is 0 Å². The minimum atomic E-state index is -0.248. The average Bonchev–Trinajstić information content (AvgIpc) is 3.13. The summed E-state index contributed by atoms with van der Waals surface area (Å²) in [6, 6.07) is 21.4. The van der Waals surface area contributed by atoms with E-state index in [0.29, 0.717) is 0 Å². The van der Waals surface area contributed by atoms with Gasteiger partial charge >= 0.3 is 0 Å². The van der Waals surface area contributed by atoms with E-state index in [2.05, 4.69) is 30.4 Å². The highest BCUT2D eigenvalue weighted by Gasteiger charge is 2.40. The maximum Gasteiger partial charge on any atom is 0.116 e. The lowest BCUT2D eigenvalue weighted by atomic mass is 9.81. The molecule has 0 radical (unpaired) electrons. The van der Waals surface area contributed by atoms with Gasteiger partial charge in [-0.1, -0.05) is 54.6 Å². The second-order valence-electron chi connectivity index (χ2n) is 7.13. The summed E-state index contributed by atoms with van der Waals surface area (Å²) in [6.07, 6.45) is 7.60. The standard InChI is InChI=1S/C24H18O2/c25-20-8-6-17-13-24(15-19(17)11-20)14-18-7-9-21(26)12-22(18)23(24)10-16-4-2-1-3-5-16/h1-13,15,25-26H,14H2. The van der Waals surface area contributed by atoms with Crippen molar-refractivity contribution in [3.63, 3.8) is 0 Å². The lowest BCUT2D eigenvalue weighted by Gasteiger charge is -2.21. The quantitative estimate of drug-likeness (QED) is 0.713. The number of phenols is 2. The molecule has 26 heavy (non-hydrogen) atoms. The van der Waals surface area contributed by atoms with Crippen molar-refractivity contribution in [3.05, 3.63) is 93.9 Å². The molecule has 2 heteroatoms. The molecule has 3 aromatic carbocycles. The second-order valence-corrected chi connectivity index (χ2v) is 7.13. The van der Waals surface area contributed by atoms with Crippen LogP contribution in [0.3, 0.4) is 0 Å². The van der Waals surface area contributed by atoms with Crippen molar-refractivity contribution in [1.82, 2.24) is 0 Å². The molecule has 2 nitrogen and oxygen atoms in total. The van der Waals surface area contributed by atoms with E-state index in [1.165, 1.54) is 11.1 Å². The molecule has 0 aromatic heterocycles. The molecule has 5 rings (SSSR count). The fourth-order valence-corrected chi connectivity index (χ4v) is 4.23. The fraction of sp³-hybridized carbons (Fsp3) is 0.0833. The molecule has 3 aromatic rings. The first kappa shape index (κ1) is 15.0. The predicted octanol–water partition coefficient (Wildman–Crippen LogP) is 3.46. The van der Waals surface area contributed by atoms with Gasteiger partial charge in [0.2, 0.25) is 0 Å². The SMILES string of the molecule is Oc1ccc2c(c1)C(=Cc1ccccc1)C1(C=c3ccc(O)cc3=C1)C2. The normalized spacial score (nSPS) is 21.3. The fourth-order valence-electron chi connectivity index (χ4n) is 4.23. The van der Waals surface area contributed by atoms with E-state index < -0.39 is 0 Å². The molecule has 2 aliphatic rings. The summed E-state index contributed by atoms with van der Waals surface area (Å²) >= 11 is 0. The van der Waals surface area contributed by atoms with Crippen molar-refractivity contribution in [1.29, 1.82) is 0 Å². The molecule has 1 spiro atoms. The van der Waals surface area contributed by atoms with E-state index in [-0.39, 0.29) is 16.9 Å². The van der Waals surface area contributed by atoms with Crippen LogP contribution >= 0.6 is 0 Å². The monoisotopic (exact) mass is 338 g/mol. The van der Waals surface area contributed by atoms with Gasteiger partial charge in [0.25, 0.3) is 0 Å². The largest absolute Gasteiger partial charge is 0.508 e. The Bertz CT molecular complexity index is 1170. The lowest BCUT2D eigenvalue weighted by molar-refractivity contribution is 0.474. The zero-order valence-electron chi connectivity index (χ0n) is 14.2. The van der Waals surface area contributed by atoms with Gasteiger partial charge in [0.05, 0.1) is 0 Å². The summed E-state index contributed by atoms with van der Waals surface area (Å²) in [4.78, 5) is 0. The summed E-state index contributed by atoms with van der Waals surface area (Å²) in [6.45, 7) is 0. The maximum absolute atomic E-state index is 10.0. The summed E-state index contributed by atoms with van der Waals surface area (Å²) in [5.41, 5.74) is 4.40. The van der Waals surface area contributed by atoms with Gasteiger partial charge in [0, 0.05) is 5.41 Å². The van der Waals surface area contributed by atoms with Gasteiger partial charge in [-0.15, -0.1) is 0 Å².